The van der Waals surface area contributed by atoms with E-state index in [1.165, 1.54) is 6.07 Å². The molecule has 1 aliphatic rings. The summed E-state index contributed by atoms with van der Waals surface area (Å²) < 4.78 is 2.26. The Bertz CT molecular complexity index is 922. The molecule has 0 saturated carbocycles. The highest BCUT2D eigenvalue weighted by atomic mass is 32.2. The summed E-state index contributed by atoms with van der Waals surface area (Å²) in [5.41, 5.74) is 1.71. The Morgan fingerprint density at radius 1 is 1.27 bits per heavy atom. The molecule has 1 aromatic heterocycles. The van der Waals surface area contributed by atoms with Crippen LogP contribution in [0.4, 0.5) is 11.4 Å². The van der Waals surface area contributed by atoms with Crippen molar-refractivity contribution in [1.82, 2.24) is 14.5 Å². The third-order valence-corrected chi connectivity index (χ3v) is 6.18. The van der Waals surface area contributed by atoms with Gasteiger partial charge >= 0.3 is 0 Å². The van der Waals surface area contributed by atoms with Gasteiger partial charge in [0.2, 0.25) is 0 Å². The Balaban J connectivity index is 1.84. The van der Waals surface area contributed by atoms with Gasteiger partial charge in [0.25, 0.3) is 5.69 Å². The number of rotatable bonds is 8. The number of aliphatic imine (C=N–C) groups is 1. The van der Waals surface area contributed by atoms with Crippen LogP contribution in [0.2, 0.25) is 0 Å². The molecule has 1 fully saturated rings. The van der Waals surface area contributed by atoms with Crippen LogP contribution in [0, 0.1) is 28.9 Å². The molecular weight excluding hydrogens is 398 g/mol. The van der Waals surface area contributed by atoms with Gasteiger partial charge in [-0.15, -0.1) is 0 Å². The van der Waals surface area contributed by atoms with Gasteiger partial charge < -0.3 is 9.47 Å². The molecule has 7 nitrogen and oxygen atoms in total. The number of hydrogen-bond acceptors (Lipinski definition) is 5. The number of aryl methyl sites for hydroxylation is 1. The third-order valence-electron chi connectivity index (χ3n) is 5.04. The molecule has 1 aromatic carbocycles. The number of non-ortho nitro benzene ring substituents is 1. The van der Waals surface area contributed by atoms with E-state index >= 15 is 0 Å². The zero-order valence-electron chi connectivity index (χ0n) is 18.4. The van der Waals surface area contributed by atoms with Crippen molar-refractivity contribution < 1.29 is 4.92 Å². The lowest BCUT2D eigenvalue weighted by Crippen LogP contribution is -2.38. The van der Waals surface area contributed by atoms with E-state index in [1.807, 2.05) is 13.1 Å². The van der Waals surface area contributed by atoms with Gasteiger partial charge in [0.15, 0.2) is 5.17 Å². The number of imidazole rings is 1. The first-order valence-electron chi connectivity index (χ1n) is 10.5. The first-order chi connectivity index (χ1) is 14.2. The molecule has 2 heterocycles. The van der Waals surface area contributed by atoms with Crippen LogP contribution >= 0.6 is 11.8 Å². The molecule has 0 N–H and O–H groups in total. The Kier molecular flexibility index (Phi) is 7.18. The molecule has 1 saturated heterocycles. The number of aromatic nitrogens is 2. The summed E-state index contributed by atoms with van der Waals surface area (Å²) in [6.45, 7) is 12.6. The van der Waals surface area contributed by atoms with Gasteiger partial charge in [-0.3, -0.25) is 10.1 Å². The van der Waals surface area contributed by atoms with E-state index in [1.54, 1.807) is 23.9 Å². The number of thioether (sulfide) groups is 1. The molecule has 8 heteroatoms. The standard InChI is InChI=1S/C22H31N5O2S/c1-15(2)12-25-9-8-23-21(25)11-19-14-30-22(26(19)13-16(3)4)24-20-7-6-18(27(28)29)10-17(20)5/h6-10,15-16,19H,11-14H2,1-5H3/t19-/m0/s1. The number of nitro groups is 1. The zero-order valence-corrected chi connectivity index (χ0v) is 19.2. The monoisotopic (exact) mass is 429 g/mol. The maximum absolute atomic E-state index is 11.0. The fraction of sp³-hybridized carbons (Fsp3) is 0.545. The summed E-state index contributed by atoms with van der Waals surface area (Å²) >= 11 is 1.76. The number of amidine groups is 1. The minimum absolute atomic E-state index is 0.101. The molecule has 162 valence electrons. The molecule has 3 rings (SSSR count). The van der Waals surface area contributed by atoms with Crippen LogP contribution in [0.3, 0.4) is 0 Å². The van der Waals surface area contributed by atoms with Gasteiger partial charge in [-0.05, 0) is 30.4 Å². The fourth-order valence-corrected chi connectivity index (χ4v) is 4.86. The van der Waals surface area contributed by atoms with Crippen LogP contribution in [0.25, 0.3) is 0 Å². The highest BCUT2D eigenvalue weighted by molar-refractivity contribution is 8.14. The third kappa shape index (κ3) is 5.41. The van der Waals surface area contributed by atoms with Crippen LogP contribution < -0.4 is 0 Å². The topological polar surface area (TPSA) is 76.6 Å². The molecule has 30 heavy (non-hydrogen) atoms. The summed E-state index contributed by atoms with van der Waals surface area (Å²) in [5, 5.41) is 12.0. The van der Waals surface area contributed by atoms with Crippen molar-refractivity contribution in [2.24, 2.45) is 16.8 Å². The van der Waals surface area contributed by atoms with Crippen LogP contribution in [-0.2, 0) is 13.0 Å². The van der Waals surface area contributed by atoms with Gasteiger partial charge in [-0.2, -0.15) is 0 Å². The predicted octanol–water partition coefficient (Wildman–Crippen LogP) is 5.06. The van der Waals surface area contributed by atoms with Gasteiger partial charge in [0.05, 0.1) is 10.6 Å². The Labute approximate surface area is 182 Å². The summed E-state index contributed by atoms with van der Waals surface area (Å²) in [4.78, 5) is 22.6. The van der Waals surface area contributed by atoms with Crippen LogP contribution in [0.1, 0.15) is 39.1 Å². The SMILES string of the molecule is Cc1cc([N+](=O)[O-])ccc1N=C1SC[C@H](Cc2nccn2CC(C)C)N1CC(C)C. The maximum atomic E-state index is 11.0. The molecule has 0 unspecified atom stereocenters. The highest BCUT2D eigenvalue weighted by Crippen LogP contribution is 2.32. The molecule has 0 spiro atoms. The van der Waals surface area contributed by atoms with Crippen molar-refractivity contribution in [3.63, 3.8) is 0 Å². The number of nitro benzene ring substituents is 1. The molecule has 0 amide bonds. The average molecular weight is 430 g/mol. The first kappa shape index (κ1) is 22.3. The van der Waals surface area contributed by atoms with E-state index in [2.05, 4.69) is 48.3 Å². The second kappa shape index (κ2) is 9.64. The predicted molar refractivity (Wildman–Crippen MR) is 123 cm³/mol. The van der Waals surface area contributed by atoms with Gasteiger partial charge in [-0.25, -0.2) is 9.98 Å². The van der Waals surface area contributed by atoms with Crippen molar-refractivity contribution in [3.8, 4) is 0 Å². The van der Waals surface area contributed by atoms with E-state index in [0.717, 1.165) is 47.5 Å². The zero-order chi connectivity index (χ0) is 21.8. The summed E-state index contributed by atoms with van der Waals surface area (Å²) in [7, 11) is 0. The largest absolute Gasteiger partial charge is 0.347 e. The normalized spacial score (nSPS) is 18.2. The van der Waals surface area contributed by atoms with Gasteiger partial charge in [0, 0.05) is 55.8 Å². The first-order valence-corrected chi connectivity index (χ1v) is 11.5. The number of nitrogens with zero attached hydrogens (tertiary/aromatic N) is 5. The van der Waals surface area contributed by atoms with Crippen molar-refractivity contribution >= 4 is 28.3 Å². The lowest BCUT2D eigenvalue weighted by molar-refractivity contribution is -0.384. The maximum Gasteiger partial charge on any atom is 0.269 e. The van der Waals surface area contributed by atoms with E-state index < -0.39 is 0 Å². The Morgan fingerprint density at radius 3 is 2.63 bits per heavy atom. The quantitative estimate of drug-likeness (QED) is 0.433. The number of hydrogen-bond donors (Lipinski definition) is 0. The van der Waals surface area contributed by atoms with Crippen LogP contribution in [-0.4, -0.2) is 42.9 Å². The molecule has 1 atom stereocenters. The second-order valence-electron chi connectivity index (χ2n) is 8.73. The minimum atomic E-state index is -0.366. The summed E-state index contributed by atoms with van der Waals surface area (Å²) in [6, 6.07) is 5.20. The van der Waals surface area contributed by atoms with E-state index in [4.69, 9.17) is 4.99 Å². The van der Waals surface area contributed by atoms with Gasteiger partial charge in [0.1, 0.15) is 5.82 Å². The van der Waals surface area contributed by atoms with Crippen LogP contribution in [0.5, 0.6) is 0 Å². The van der Waals surface area contributed by atoms with E-state index in [9.17, 15) is 10.1 Å². The fourth-order valence-electron chi connectivity index (χ4n) is 3.67. The van der Waals surface area contributed by atoms with E-state index in [0.29, 0.717) is 17.9 Å². The van der Waals surface area contributed by atoms with Crippen molar-refractivity contribution in [1.29, 1.82) is 0 Å². The molecule has 0 radical (unpaired) electrons. The molecule has 0 bridgehead atoms. The van der Waals surface area contributed by atoms with Crippen LogP contribution in [0.15, 0.2) is 35.6 Å². The van der Waals surface area contributed by atoms with E-state index in [-0.39, 0.29) is 10.6 Å². The van der Waals surface area contributed by atoms with Crippen molar-refractivity contribution in [3.05, 3.63) is 52.1 Å². The number of benzene rings is 1. The second-order valence-corrected chi connectivity index (χ2v) is 9.71. The van der Waals surface area contributed by atoms with Crippen molar-refractivity contribution in [2.75, 3.05) is 12.3 Å². The minimum Gasteiger partial charge on any atom is -0.347 e. The molecule has 0 aliphatic carbocycles. The molecule has 1 aliphatic heterocycles. The van der Waals surface area contributed by atoms with Gasteiger partial charge in [-0.1, -0.05) is 39.5 Å². The Hall–Kier alpha value is -2.35. The molecular formula is C22H31N5O2S. The highest BCUT2D eigenvalue weighted by Gasteiger charge is 2.32. The Morgan fingerprint density at radius 2 is 2.00 bits per heavy atom. The average Bonchev–Trinajstić information content (AvgIpc) is 3.24. The molecule has 2 aromatic rings. The lowest BCUT2D eigenvalue weighted by atomic mass is 10.1. The summed E-state index contributed by atoms with van der Waals surface area (Å²) in [5.74, 6) is 3.16. The summed E-state index contributed by atoms with van der Waals surface area (Å²) in [6.07, 6.45) is 4.85. The van der Waals surface area contributed by atoms with Crippen molar-refractivity contribution in [2.45, 2.75) is 53.6 Å². The lowest BCUT2D eigenvalue weighted by Gasteiger charge is -2.28. The smallest absolute Gasteiger partial charge is 0.269 e.